The van der Waals surface area contributed by atoms with Crippen LogP contribution in [0.1, 0.15) is 64.9 Å². The number of alkyl carbamates (subject to hydrolysis) is 1. The van der Waals surface area contributed by atoms with Gasteiger partial charge in [0.05, 0.1) is 6.42 Å². The summed E-state index contributed by atoms with van der Waals surface area (Å²) >= 11 is 0. The van der Waals surface area contributed by atoms with Gasteiger partial charge in [-0.05, 0) is 63.3 Å². The molecular formula is C23H36N2O7. The largest absolute Gasteiger partial charge is 0.508 e. The van der Waals surface area contributed by atoms with Crippen LogP contribution in [0, 0.1) is 5.41 Å². The van der Waals surface area contributed by atoms with Crippen molar-refractivity contribution in [3.63, 3.8) is 0 Å². The van der Waals surface area contributed by atoms with Gasteiger partial charge in [-0.3, -0.25) is 4.79 Å². The fraction of sp³-hybridized carbons (Fsp3) is 0.609. The van der Waals surface area contributed by atoms with Crippen molar-refractivity contribution in [1.82, 2.24) is 5.32 Å². The average Bonchev–Trinajstić information content (AvgIpc) is 2.68. The zero-order valence-corrected chi connectivity index (χ0v) is 19.1. The van der Waals surface area contributed by atoms with Crippen LogP contribution in [0.25, 0.3) is 0 Å². The summed E-state index contributed by atoms with van der Waals surface area (Å²) in [5, 5.41) is 29.3. The van der Waals surface area contributed by atoms with Crippen molar-refractivity contribution in [2.24, 2.45) is 11.1 Å². The molecule has 180 valence electrons. The number of hydrogen-bond donors (Lipinski definition) is 5. The Labute approximate surface area is 189 Å². The molecule has 0 aromatic heterocycles. The first kappa shape index (κ1) is 27.2. The summed E-state index contributed by atoms with van der Waals surface area (Å²) in [6, 6.07) is 5.03. The summed E-state index contributed by atoms with van der Waals surface area (Å²) in [6.07, 6.45) is 5.10. The Morgan fingerprint density at radius 2 is 1.66 bits per heavy atom. The van der Waals surface area contributed by atoms with Crippen molar-refractivity contribution < 1.29 is 34.4 Å². The van der Waals surface area contributed by atoms with Crippen LogP contribution in [0.2, 0.25) is 0 Å². The number of carboxylic acid groups (broad SMARTS) is 2. The lowest BCUT2D eigenvalue weighted by molar-refractivity contribution is -0.140. The molecule has 1 saturated carbocycles. The zero-order valence-electron chi connectivity index (χ0n) is 19.1. The molecule has 0 unspecified atom stereocenters. The molecule has 32 heavy (non-hydrogen) atoms. The molecule has 1 aromatic carbocycles. The van der Waals surface area contributed by atoms with E-state index in [4.69, 9.17) is 25.8 Å². The van der Waals surface area contributed by atoms with Crippen molar-refractivity contribution in [3.05, 3.63) is 29.8 Å². The van der Waals surface area contributed by atoms with E-state index < -0.39 is 29.7 Å². The highest BCUT2D eigenvalue weighted by molar-refractivity contribution is 5.80. The minimum atomic E-state index is -1.15. The van der Waals surface area contributed by atoms with Crippen LogP contribution in [0.5, 0.6) is 5.75 Å². The van der Waals surface area contributed by atoms with Crippen LogP contribution >= 0.6 is 0 Å². The summed E-state index contributed by atoms with van der Waals surface area (Å²) in [4.78, 5) is 33.3. The van der Waals surface area contributed by atoms with Gasteiger partial charge in [0.25, 0.3) is 0 Å². The molecule has 1 aromatic rings. The van der Waals surface area contributed by atoms with Crippen molar-refractivity contribution in [2.75, 3.05) is 6.54 Å². The number of carboxylic acids is 2. The van der Waals surface area contributed by atoms with Crippen molar-refractivity contribution >= 4 is 18.0 Å². The molecule has 1 aliphatic carbocycles. The van der Waals surface area contributed by atoms with E-state index in [9.17, 15) is 14.4 Å². The van der Waals surface area contributed by atoms with E-state index in [1.165, 1.54) is 18.6 Å². The molecule has 0 heterocycles. The number of rotatable bonds is 7. The molecule has 2 rings (SSSR count). The number of carbonyl (C=O) groups excluding carboxylic acids is 1. The highest BCUT2D eigenvalue weighted by atomic mass is 16.6. The van der Waals surface area contributed by atoms with Crippen molar-refractivity contribution in [1.29, 1.82) is 0 Å². The average molecular weight is 453 g/mol. The van der Waals surface area contributed by atoms with Crippen LogP contribution in [-0.4, -0.2) is 51.5 Å². The number of nitrogens with one attached hydrogen (secondary N) is 1. The van der Waals surface area contributed by atoms with E-state index in [0.29, 0.717) is 12.1 Å². The van der Waals surface area contributed by atoms with Crippen LogP contribution in [0.3, 0.4) is 0 Å². The third-order valence-electron chi connectivity index (χ3n) is 5.24. The minimum absolute atomic E-state index is 0.0793. The van der Waals surface area contributed by atoms with Crippen LogP contribution < -0.4 is 11.1 Å². The number of aromatic hydroxyl groups is 1. The fourth-order valence-corrected chi connectivity index (χ4v) is 3.59. The van der Waals surface area contributed by atoms with E-state index in [0.717, 1.165) is 25.7 Å². The number of benzene rings is 1. The van der Waals surface area contributed by atoms with E-state index in [1.807, 2.05) is 0 Å². The second-order valence-electron chi connectivity index (χ2n) is 9.24. The molecule has 0 spiro atoms. The zero-order chi connectivity index (χ0) is 24.4. The van der Waals surface area contributed by atoms with Gasteiger partial charge in [-0.1, -0.05) is 31.4 Å². The number of amides is 1. The van der Waals surface area contributed by atoms with E-state index in [2.05, 4.69) is 5.32 Å². The predicted molar refractivity (Wildman–Crippen MR) is 119 cm³/mol. The first-order valence-electron chi connectivity index (χ1n) is 10.8. The maximum Gasteiger partial charge on any atom is 0.408 e. The van der Waals surface area contributed by atoms with Gasteiger partial charge >= 0.3 is 18.0 Å². The molecule has 9 nitrogen and oxygen atoms in total. The van der Waals surface area contributed by atoms with E-state index in [1.54, 1.807) is 32.9 Å². The number of phenolic OH excluding ortho intramolecular Hbond substituents is 1. The molecule has 1 atom stereocenters. The second-order valence-corrected chi connectivity index (χ2v) is 9.24. The smallest absolute Gasteiger partial charge is 0.408 e. The maximum absolute atomic E-state index is 11.6. The van der Waals surface area contributed by atoms with Crippen LogP contribution in [-0.2, 0) is 20.7 Å². The van der Waals surface area contributed by atoms with E-state index in [-0.39, 0.29) is 24.0 Å². The lowest BCUT2D eigenvalue weighted by Crippen LogP contribution is -2.44. The Hall–Kier alpha value is -2.81. The van der Waals surface area contributed by atoms with Crippen molar-refractivity contribution in [2.45, 2.75) is 77.4 Å². The second kappa shape index (κ2) is 12.3. The molecule has 1 aliphatic rings. The van der Waals surface area contributed by atoms with Gasteiger partial charge in [0.2, 0.25) is 0 Å². The third-order valence-corrected chi connectivity index (χ3v) is 5.24. The molecule has 0 saturated heterocycles. The van der Waals surface area contributed by atoms with Gasteiger partial charge in [0.15, 0.2) is 0 Å². The van der Waals surface area contributed by atoms with Gasteiger partial charge in [-0.15, -0.1) is 0 Å². The molecule has 0 radical (unpaired) electrons. The lowest BCUT2D eigenvalue weighted by Gasteiger charge is -2.34. The highest BCUT2D eigenvalue weighted by Crippen LogP contribution is 2.38. The van der Waals surface area contributed by atoms with Gasteiger partial charge in [0, 0.05) is 6.42 Å². The van der Waals surface area contributed by atoms with Crippen LogP contribution in [0.15, 0.2) is 24.3 Å². The summed E-state index contributed by atoms with van der Waals surface area (Å²) in [7, 11) is 0. The van der Waals surface area contributed by atoms with Gasteiger partial charge in [-0.2, -0.15) is 0 Å². The Bertz CT molecular complexity index is 751. The van der Waals surface area contributed by atoms with Crippen LogP contribution in [0.4, 0.5) is 4.79 Å². The number of carbonyl (C=O) groups is 3. The summed E-state index contributed by atoms with van der Waals surface area (Å²) in [5.41, 5.74) is 5.54. The topological polar surface area (TPSA) is 159 Å². The number of hydrogen-bond acceptors (Lipinski definition) is 6. The van der Waals surface area contributed by atoms with E-state index >= 15 is 0 Å². The predicted octanol–water partition coefficient (Wildman–Crippen LogP) is 3.28. The Balaban J connectivity index is 0.000000363. The third kappa shape index (κ3) is 10.5. The summed E-state index contributed by atoms with van der Waals surface area (Å²) in [5.74, 6) is -1.76. The molecule has 1 amide bonds. The number of nitrogens with two attached hydrogens (primary N) is 1. The van der Waals surface area contributed by atoms with Gasteiger partial charge in [-0.25, -0.2) is 9.59 Å². The first-order valence-corrected chi connectivity index (χ1v) is 10.8. The van der Waals surface area contributed by atoms with Gasteiger partial charge < -0.3 is 31.1 Å². The normalized spacial score (nSPS) is 16.1. The molecule has 0 bridgehead atoms. The summed E-state index contributed by atoms with van der Waals surface area (Å²) < 4.78 is 5.02. The minimum Gasteiger partial charge on any atom is -0.508 e. The quantitative estimate of drug-likeness (QED) is 0.421. The molecule has 0 aliphatic heterocycles. The molecule has 1 fully saturated rings. The number of phenols is 1. The number of ether oxygens (including phenoxy) is 1. The summed E-state index contributed by atoms with van der Waals surface area (Å²) in [6.45, 7) is 5.62. The standard InChI is InChI=1S/C14H19NO5.C9H17NO2/c1-14(2,3)20-13(19)15-11(12(17)18)8-9-4-6-10(16)7-5-9;10-7-9(6-8(11)12)4-2-1-3-5-9/h4-7,11,16H,8H2,1-3H3,(H,15,19)(H,17,18);1-7,10H2,(H,11,12)/t11-;/m0./s1. The van der Waals surface area contributed by atoms with Gasteiger partial charge in [0.1, 0.15) is 17.4 Å². The Kier molecular flexibility index (Phi) is 10.5. The SMILES string of the molecule is CC(C)(C)OC(=O)N[C@@H](Cc1ccc(O)cc1)C(=O)O.NCC1(CC(=O)O)CCCCC1. The number of aliphatic carboxylic acids is 2. The first-order chi connectivity index (χ1) is 14.9. The lowest BCUT2D eigenvalue weighted by atomic mass is 9.72. The molecule has 6 N–H and O–H groups in total. The molecular weight excluding hydrogens is 416 g/mol. The fourth-order valence-electron chi connectivity index (χ4n) is 3.59. The Morgan fingerprint density at radius 1 is 1.09 bits per heavy atom. The molecule has 9 heteroatoms. The Morgan fingerprint density at radius 3 is 2.09 bits per heavy atom. The monoisotopic (exact) mass is 452 g/mol. The maximum atomic E-state index is 11.6. The highest BCUT2D eigenvalue weighted by Gasteiger charge is 2.32. The van der Waals surface area contributed by atoms with Crippen molar-refractivity contribution in [3.8, 4) is 5.75 Å².